The first kappa shape index (κ1) is 22.7. The monoisotopic (exact) mass is 494 g/mol. The summed E-state index contributed by atoms with van der Waals surface area (Å²) in [5, 5.41) is 11.4. The fraction of sp³-hybridized carbons (Fsp3) is 0.320. The molecule has 0 saturated heterocycles. The molecule has 176 valence electrons. The maximum Gasteiger partial charge on any atom is 0.192 e. The lowest BCUT2D eigenvalue weighted by Crippen LogP contribution is -2.24. The number of thioether (sulfide) groups is 1. The highest BCUT2D eigenvalue weighted by Gasteiger charge is 2.27. The lowest BCUT2D eigenvalue weighted by atomic mass is 10.2. The number of aryl methyl sites for hydroxylation is 2. The number of fused-ring (bicyclic) bond motifs is 1. The molecule has 0 saturated carbocycles. The smallest absolute Gasteiger partial charge is 0.192 e. The Hall–Kier alpha value is -3.04. The van der Waals surface area contributed by atoms with Gasteiger partial charge in [0.1, 0.15) is 6.61 Å². The van der Waals surface area contributed by atoms with Crippen molar-refractivity contribution in [1.82, 2.24) is 19.3 Å². The number of nitrogens with zero attached hydrogens (tertiary/aromatic N) is 4. The number of carbonyl (C=O) groups is 1. The van der Waals surface area contributed by atoms with Gasteiger partial charge in [-0.1, -0.05) is 30.0 Å². The predicted octanol–water partition coefficient (Wildman–Crippen LogP) is 5.03. The summed E-state index contributed by atoms with van der Waals surface area (Å²) in [5.41, 5.74) is 2.90. The Labute approximate surface area is 206 Å². The van der Waals surface area contributed by atoms with Crippen LogP contribution in [0.4, 0.5) is 0 Å². The van der Waals surface area contributed by atoms with E-state index in [1.165, 1.54) is 16.6 Å². The Morgan fingerprint density at radius 3 is 2.79 bits per heavy atom. The standard InChI is InChI=1S/C25H26N4O3S2/c1-16-13-19(17(2)29(16)11-10-18-7-6-12-33-18)20(30)15-34-25-27-26-24(28(25)3)23-14-31-21-8-4-5-9-22(21)32-23/h4-9,12-13,23H,10-11,14-15H2,1-3H3. The number of para-hydroxylation sites is 2. The van der Waals surface area contributed by atoms with Gasteiger partial charge in [0.2, 0.25) is 0 Å². The molecule has 0 aliphatic carbocycles. The number of ether oxygens (including phenoxy) is 2. The average molecular weight is 495 g/mol. The third-order valence-electron chi connectivity index (χ3n) is 6.03. The second-order valence-electron chi connectivity index (χ2n) is 8.24. The van der Waals surface area contributed by atoms with Crippen LogP contribution in [0.5, 0.6) is 11.5 Å². The number of thiophene rings is 1. The van der Waals surface area contributed by atoms with Crippen molar-refractivity contribution in [2.24, 2.45) is 7.05 Å². The number of benzene rings is 1. The van der Waals surface area contributed by atoms with Gasteiger partial charge in [0.15, 0.2) is 34.4 Å². The topological polar surface area (TPSA) is 71.2 Å². The Balaban J connectivity index is 1.23. The molecule has 4 heterocycles. The zero-order valence-corrected chi connectivity index (χ0v) is 21.0. The van der Waals surface area contributed by atoms with E-state index in [2.05, 4.69) is 39.2 Å². The molecule has 0 fully saturated rings. The molecule has 34 heavy (non-hydrogen) atoms. The van der Waals surface area contributed by atoms with Crippen molar-refractivity contribution in [3.63, 3.8) is 0 Å². The van der Waals surface area contributed by atoms with Gasteiger partial charge in [-0.05, 0) is 49.9 Å². The summed E-state index contributed by atoms with van der Waals surface area (Å²) < 4.78 is 16.0. The maximum absolute atomic E-state index is 13.1. The third-order valence-corrected chi connectivity index (χ3v) is 7.99. The maximum atomic E-state index is 13.1. The second kappa shape index (κ2) is 9.68. The van der Waals surface area contributed by atoms with Gasteiger partial charge in [0.05, 0.1) is 5.75 Å². The average Bonchev–Trinajstić information content (AvgIpc) is 3.56. The summed E-state index contributed by atoms with van der Waals surface area (Å²) in [6.45, 7) is 5.32. The van der Waals surface area contributed by atoms with E-state index >= 15 is 0 Å². The van der Waals surface area contributed by atoms with Crippen LogP contribution in [0.2, 0.25) is 0 Å². The van der Waals surface area contributed by atoms with Gasteiger partial charge < -0.3 is 18.6 Å². The lowest BCUT2D eigenvalue weighted by molar-refractivity contribution is 0.0825. The van der Waals surface area contributed by atoms with E-state index in [9.17, 15) is 4.79 Å². The van der Waals surface area contributed by atoms with Crippen molar-refractivity contribution in [3.8, 4) is 11.5 Å². The minimum absolute atomic E-state index is 0.0937. The number of ketones is 1. The Kier molecular flexibility index (Phi) is 6.47. The van der Waals surface area contributed by atoms with Crippen molar-refractivity contribution in [3.05, 3.63) is 75.5 Å². The molecule has 4 aromatic rings. The third kappa shape index (κ3) is 4.50. The largest absolute Gasteiger partial charge is 0.485 e. The molecular formula is C25H26N4O3S2. The van der Waals surface area contributed by atoms with E-state index in [-0.39, 0.29) is 11.9 Å². The minimum Gasteiger partial charge on any atom is -0.485 e. The van der Waals surface area contributed by atoms with E-state index in [1.54, 1.807) is 11.3 Å². The van der Waals surface area contributed by atoms with E-state index in [1.807, 2.05) is 48.9 Å². The van der Waals surface area contributed by atoms with Crippen LogP contribution < -0.4 is 9.47 Å². The van der Waals surface area contributed by atoms with Crippen LogP contribution in [-0.2, 0) is 20.0 Å². The molecule has 0 bridgehead atoms. The van der Waals surface area contributed by atoms with Gasteiger partial charge in [0, 0.05) is 35.4 Å². The second-order valence-corrected chi connectivity index (χ2v) is 10.2. The number of hydrogen-bond donors (Lipinski definition) is 0. The number of aromatic nitrogens is 4. The van der Waals surface area contributed by atoms with Crippen molar-refractivity contribution in [1.29, 1.82) is 0 Å². The summed E-state index contributed by atoms with van der Waals surface area (Å²) in [5.74, 6) is 2.49. The van der Waals surface area contributed by atoms with Crippen molar-refractivity contribution >= 4 is 28.9 Å². The van der Waals surface area contributed by atoms with Crippen LogP contribution >= 0.6 is 23.1 Å². The number of Topliss-reactive ketones (excluding diaryl/α,β-unsaturated/α-hetero) is 1. The number of carbonyl (C=O) groups excluding carboxylic acids is 1. The van der Waals surface area contributed by atoms with Gasteiger partial charge in [0.25, 0.3) is 0 Å². The molecule has 1 aliphatic rings. The molecule has 9 heteroatoms. The van der Waals surface area contributed by atoms with Crippen LogP contribution in [0.15, 0.2) is 53.0 Å². The first-order valence-corrected chi connectivity index (χ1v) is 13.0. The first-order chi connectivity index (χ1) is 16.5. The first-order valence-electron chi connectivity index (χ1n) is 11.1. The van der Waals surface area contributed by atoms with Gasteiger partial charge in [-0.25, -0.2) is 0 Å². The Bertz CT molecular complexity index is 1310. The Morgan fingerprint density at radius 1 is 1.18 bits per heavy atom. The van der Waals surface area contributed by atoms with Crippen LogP contribution in [0.1, 0.15) is 38.6 Å². The van der Waals surface area contributed by atoms with E-state index in [0.29, 0.717) is 29.1 Å². The summed E-state index contributed by atoms with van der Waals surface area (Å²) in [4.78, 5) is 14.4. The molecule has 1 atom stereocenters. The molecule has 0 spiro atoms. The quantitative estimate of drug-likeness (QED) is 0.253. The van der Waals surface area contributed by atoms with Crippen molar-refractivity contribution in [2.75, 3.05) is 12.4 Å². The summed E-state index contributed by atoms with van der Waals surface area (Å²) in [6.07, 6.45) is 0.620. The molecule has 5 rings (SSSR count). The van der Waals surface area contributed by atoms with Crippen LogP contribution in [0.25, 0.3) is 0 Å². The molecule has 1 aromatic carbocycles. The summed E-state index contributed by atoms with van der Waals surface area (Å²) in [6, 6.07) is 13.8. The normalized spacial score (nSPS) is 15.0. The van der Waals surface area contributed by atoms with Crippen molar-refractivity contribution in [2.45, 2.75) is 38.1 Å². The SMILES string of the molecule is Cc1cc(C(=O)CSc2nnc(C3COc4ccccc4O3)n2C)c(C)n1CCc1cccs1. The van der Waals surface area contributed by atoms with Crippen LogP contribution in [-0.4, -0.2) is 37.5 Å². The summed E-state index contributed by atoms with van der Waals surface area (Å²) in [7, 11) is 1.89. The van der Waals surface area contributed by atoms with Gasteiger partial charge in [-0.15, -0.1) is 21.5 Å². The van der Waals surface area contributed by atoms with Gasteiger partial charge in [-0.2, -0.15) is 0 Å². The Morgan fingerprint density at radius 2 is 2.00 bits per heavy atom. The van der Waals surface area contributed by atoms with E-state index < -0.39 is 0 Å². The number of rotatable bonds is 8. The van der Waals surface area contributed by atoms with Crippen molar-refractivity contribution < 1.29 is 14.3 Å². The highest BCUT2D eigenvalue weighted by molar-refractivity contribution is 7.99. The molecule has 3 aromatic heterocycles. The molecule has 0 amide bonds. The molecule has 0 N–H and O–H groups in total. The van der Waals surface area contributed by atoms with Gasteiger partial charge >= 0.3 is 0 Å². The van der Waals surface area contributed by atoms with Gasteiger partial charge in [-0.3, -0.25) is 4.79 Å². The fourth-order valence-electron chi connectivity index (χ4n) is 4.19. The highest BCUT2D eigenvalue weighted by atomic mass is 32.2. The van der Waals surface area contributed by atoms with E-state index in [4.69, 9.17) is 9.47 Å². The molecule has 7 nitrogen and oxygen atoms in total. The molecular weight excluding hydrogens is 468 g/mol. The summed E-state index contributed by atoms with van der Waals surface area (Å²) >= 11 is 3.16. The zero-order valence-electron chi connectivity index (χ0n) is 19.4. The molecule has 0 radical (unpaired) electrons. The minimum atomic E-state index is -0.347. The predicted molar refractivity (Wildman–Crippen MR) is 133 cm³/mol. The van der Waals surface area contributed by atoms with Crippen LogP contribution in [0, 0.1) is 13.8 Å². The fourth-order valence-corrected chi connectivity index (χ4v) is 5.69. The van der Waals surface area contributed by atoms with Crippen LogP contribution in [0.3, 0.4) is 0 Å². The molecule has 1 unspecified atom stereocenters. The number of hydrogen-bond acceptors (Lipinski definition) is 7. The lowest BCUT2D eigenvalue weighted by Gasteiger charge is -2.25. The zero-order chi connectivity index (χ0) is 23.7. The highest BCUT2D eigenvalue weighted by Crippen LogP contribution is 2.36. The molecule has 1 aliphatic heterocycles. The van der Waals surface area contributed by atoms with E-state index in [0.717, 1.165) is 35.7 Å².